The normalized spacial score (nSPS) is 17.9. The van der Waals surface area contributed by atoms with Crippen molar-refractivity contribution in [3.05, 3.63) is 84.4 Å². The molecule has 0 aliphatic carbocycles. The second-order valence-corrected chi connectivity index (χ2v) is 16.8. The number of carbonyl (C=O) groups is 4. The van der Waals surface area contributed by atoms with E-state index in [4.69, 9.17) is 14.7 Å². The number of nitrogens with one attached hydrogen (secondary N) is 3. The first kappa shape index (κ1) is 40.3. The molecule has 1 unspecified atom stereocenters. The van der Waals surface area contributed by atoms with Crippen LogP contribution in [-0.4, -0.2) is 103 Å². The summed E-state index contributed by atoms with van der Waals surface area (Å²) in [6.07, 6.45) is 1.45. The van der Waals surface area contributed by atoms with E-state index in [0.717, 1.165) is 91.5 Å². The van der Waals surface area contributed by atoms with Gasteiger partial charge in [0.25, 0.3) is 0 Å². The number of alkyl carbamates (subject to hydrolysis) is 1. The van der Waals surface area contributed by atoms with E-state index in [0.29, 0.717) is 18.9 Å². The van der Waals surface area contributed by atoms with Crippen LogP contribution < -0.4 is 5.32 Å². The lowest BCUT2D eigenvalue weighted by molar-refractivity contribution is -0.138. The monoisotopic (exact) mass is 812 g/mol. The molecular formula is C46H52N8O6. The van der Waals surface area contributed by atoms with Crippen LogP contribution in [0, 0.1) is 11.8 Å². The zero-order chi connectivity index (χ0) is 42.4. The molecule has 0 radical (unpaired) electrons. The van der Waals surface area contributed by atoms with E-state index in [-0.39, 0.29) is 35.7 Å². The summed E-state index contributed by atoms with van der Waals surface area (Å²) >= 11 is 0. The molecule has 312 valence electrons. The Morgan fingerprint density at radius 1 is 0.717 bits per heavy atom. The van der Waals surface area contributed by atoms with Crippen molar-refractivity contribution in [1.82, 2.24) is 40.0 Å². The van der Waals surface area contributed by atoms with Crippen molar-refractivity contribution in [1.29, 1.82) is 0 Å². The van der Waals surface area contributed by atoms with Crippen LogP contribution in [0.2, 0.25) is 0 Å². The number of likely N-dealkylation sites (tertiary alicyclic amines) is 2. The van der Waals surface area contributed by atoms with Gasteiger partial charge >= 0.3 is 12.2 Å². The van der Waals surface area contributed by atoms with Gasteiger partial charge in [0.15, 0.2) is 0 Å². The Balaban J connectivity index is 0.999. The third-order valence-electron chi connectivity index (χ3n) is 12.2. The number of fused-ring (bicyclic) bond motifs is 3. The molecule has 4 aromatic carbocycles. The van der Waals surface area contributed by atoms with Crippen LogP contribution in [0.15, 0.2) is 72.8 Å². The van der Waals surface area contributed by atoms with Gasteiger partial charge in [-0.1, -0.05) is 64.1 Å². The summed E-state index contributed by atoms with van der Waals surface area (Å²) in [4.78, 5) is 72.8. The minimum atomic E-state index is -1.12. The molecule has 0 bridgehead atoms. The van der Waals surface area contributed by atoms with Crippen molar-refractivity contribution < 1.29 is 29.0 Å². The number of H-pyrrole nitrogens is 2. The van der Waals surface area contributed by atoms with Crippen molar-refractivity contribution >= 4 is 56.8 Å². The zero-order valence-electron chi connectivity index (χ0n) is 34.9. The number of amides is 4. The third-order valence-corrected chi connectivity index (χ3v) is 12.2. The molecule has 60 heavy (non-hydrogen) atoms. The van der Waals surface area contributed by atoms with E-state index >= 15 is 0 Å². The maximum atomic E-state index is 13.7. The zero-order valence-corrected chi connectivity index (χ0v) is 34.9. The Bertz CT molecular complexity index is 2610. The smallest absolute Gasteiger partial charge is 0.407 e. The highest BCUT2D eigenvalue weighted by molar-refractivity contribution is 5.93. The van der Waals surface area contributed by atoms with E-state index < -0.39 is 24.3 Å². The van der Waals surface area contributed by atoms with Gasteiger partial charge in [-0.25, -0.2) is 19.6 Å². The molecule has 4 N–H and O–H groups in total. The lowest BCUT2D eigenvalue weighted by Gasteiger charge is -2.33. The van der Waals surface area contributed by atoms with Crippen LogP contribution in [0.4, 0.5) is 9.59 Å². The second kappa shape index (κ2) is 16.3. The Morgan fingerprint density at radius 2 is 1.18 bits per heavy atom. The van der Waals surface area contributed by atoms with Crippen molar-refractivity contribution in [2.45, 2.75) is 77.5 Å². The predicted molar refractivity (Wildman–Crippen MR) is 230 cm³/mol. The maximum Gasteiger partial charge on any atom is 0.407 e. The molecule has 4 heterocycles. The fourth-order valence-corrected chi connectivity index (χ4v) is 9.03. The summed E-state index contributed by atoms with van der Waals surface area (Å²) in [5.74, 6) is 0.831. The molecule has 0 saturated carbocycles. The van der Waals surface area contributed by atoms with Gasteiger partial charge in [-0.3, -0.25) is 14.5 Å². The Labute approximate surface area is 348 Å². The van der Waals surface area contributed by atoms with E-state index in [1.807, 2.05) is 44.7 Å². The van der Waals surface area contributed by atoms with E-state index in [1.165, 1.54) is 14.2 Å². The number of aromatic amines is 2. The highest BCUT2D eigenvalue weighted by Crippen LogP contribution is 2.37. The number of imidazole rings is 2. The van der Waals surface area contributed by atoms with Gasteiger partial charge in [0.2, 0.25) is 11.8 Å². The van der Waals surface area contributed by atoms with Gasteiger partial charge in [-0.05, 0) is 107 Å². The molecule has 2 aromatic heterocycles. The first-order valence-corrected chi connectivity index (χ1v) is 20.8. The molecule has 4 amide bonds. The number of benzene rings is 4. The first-order valence-electron chi connectivity index (χ1n) is 20.8. The van der Waals surface area contributed by atoms with Crippen LogP contribution in [-0.2, 0) is 14.3 Å². The lowest BCUT2D eigenvalue weighted by Crippen LogP contribution is -2.51. The predicted octanol–water partition coefficient (Wildman–Crippen LogP) is 8.27. The number of carbonyl (C=O) groups excluding carboxylic acids is 3. The fraction of sp³-hybridized carbons (Fsp3) is 0.391. The molecule has 2 fully saturated rings. The van der Waals surface area contributed by atoms with Crippen LogP contribution in [0.5, 0.6) is 0 Å². The van der Waals surface area contributed by atoms with Gasteiger partial charge in [0, 0.05) is 20.1 Å². The Hall–Kier alpha value is -6.44. The summed E-state index contributed by atoms with van der Waals surface area (Å²) in [6, 6.07) is 23.3. The minimum Gasteiger partial charge on any atom is -0.465 e. The number of hydrogen-bond acceptors (Lipinski definition) is 7. The van der Waals surface area contributed by atoms with E-state index in [1.54, 1.807) is 4.90 Å². The molecule has 2 aliphatic heterocycles. The van der Waals surface area contributed by atoms with Gasteiger partial charge < -0.3 is 34.9 Å². The van der Waals surface area contributed by atoms with Crippen LogP contribution >= 0.6 is 0 Å². The van der Waals surface area contributed by atoms with Crippen molar-refractivity contribution in [2.75, 3.05) is 27.2 Å². The molecule has 8 rings (SSSR count). The molecule has 4 atom stereocenters. The number of rotatable bonds is 10. The Morgan fingerprint density at radius 3 is 1.63 bits per heavy atom. The Kier molecular flexibility index (Phi) is 11.0. The summed E-state index contributed by atoms with van der Waals surface area (Å²) < 4.78 is 4.78. The molecule has 6 aromatic rings. The van der Waals surface area contributed by atoms with Crippen molar-refractivity contribution in [3.63, 3.8) is 0 Å². The van der Waals surface area contributed by atoms with Crippen molar-refractivity contribution in [3.8, 4) is 22.3 Å². The molecular weight excluding hydrogens is 761 g/mol. The quantitative estimate of drug-likeness (QED) is 0.107. The lowest BCUT2D eigenvalue weighted by atomic mass is 9.97. The standard InChI is InChI=1S/C46H52N8O6/c1-25(2)39(51-45(57)60-6)43(55)53-19-7-9-37(53)41-47-33-17-15-31(23-35(33)49-41)29-13-11-28-22-30(14-12-27(28)21-29)32-16-18-34-36(24-32)50-42(48-34)38-10-8-20-54(38)44(56)40(26(3)4)52(5)46(58)59/h11-18,21-26,37-40H,7-10,19-20H2,1-6H3,(H,47,49)(H,48,50)(H,51,57)(H,58,59)/t37?,38-,39-,40-/m0/s1. The summed E-state index contributed by atoms with van der Waals surface area (Å²) in [5.41, 5.74) is 7.57. The number of ether oxygens (including phenoxy) is 1. The van der Waals surface area contributed by atoms with Crippen LogP contribution in [0.25, 0.3) is 55.1 Å². The number of hydrogen-bond donors (Lipinski definition) is 4. The summed E-state index contributed by atoms with van der Waals surface area (Å²) in [5, 5.41) is 14.6. The molecule has 2 saturated heterocycles. The van der Waals surface area contributed by atoms with E-state index in [2.05, 4.69) is 75.9 Å². The van der Waals surface area contributed by atoms with Crippen molar-refractivity contribution in [2.24, 2.45) is 11.8 Å². The van der Waals surface area contributed by atoms with Crippen LogP contribution in [0.3, 0.4) is 0 Å². The van der Waals surface area contributed by atoms with Gasteiger partial charge in [0.1, 0.15) is 23.7 Å². The highest BCUT2D eigenvalue weighted by atomic mass is 16.5. The summed E-state index contributed by atoms with van der Waals surface area (Å²) in [6.45, 7) is 8.70. The first-order chi connectivity index (χ1) is 28.8. The summed E-state index contributed by atoms with van der Waals surface area (Å²) in [7, 11) is 2.75. The number of aromatic nitrogens is 4. The molecule has 14 nitrogen and oxygen atoms in total. The second-order valence-electron chi connectivity index (χ2n) is 16.8. The number of methoxy groups -OCH3 is 1. The minimum absolute atomic E-state index is 0.111. The number of likely N-dealkylation sites (N-methyl/N-ethyl adjacent to an activating group) is 1. The fourth-order valence-electron chi connectivity index (χ4n) is 9.03. The van der Waals surface area contributed by atoms with E-state index in [9.17, 15) is 24.3 Å². The molecule has 14 heteroatoms. The number of carboxylic acid groups (broad SMARTS) is 1. The average Bonchev–Trinajstić information content (AvgIpc) is 4.07. The van der Waals surface area contributed by atoms with Crippen LogP contribution in [0.1, 0.15) is 77.1 Å². The number of nitrogens with zero attached hydrogens (tertiary/aromatic N) is 5. The van der Waals surface area contributed by atoms with Gasteiger partial charge in [-0.2, -0.15) is 0 Å². The SMILES string of the molecule is COC(=O)N[C@H](C(=O)N1CCCC1c1nc2cc(-c3ccc4cc(-c5ccc6[nH]c([C@@H]7CCCN7C(=O)[C@H](C(C)C)N(C)C(=O)O)nc6c5)ccc4c3)ccc2[nH]1)C(C)C. The van der Waals surface area contributed by atoms with Gasteiger partial charge in [-0.15, -0.1) is 0 Å². The largest absolute Gasteiger partial charge is 0.465 e. The average molecular weight is 813 g/mol. The molecule has 0 spiro atoms. The molecule has 2 aliphatic rings. The third kappa shape index (κ3) is 7.62. The topological polar surface area (TPSA) is 177 Å². The van der Waals surface area contributed by atoms with Gasteiger partial charge in [0.05, 0.1) is 41.3 Å². The highest BCUT2D eigenvalue weighted by Gasteiger charge is 2.40. The maximum absolute atomic E-state index is 13.7.